The van der Waals surface area contributed by atoms with Crippen LogP contribution in [0.3, 0.4) is 0 Å². The van der Waals surface area contributed by atoms with Gasteiger partial charge in [-0.3, -0.25) is 0 Å². The van der Waals surface area contributed by atoms with Crippen LogP contribution in [0.15, 0.2) is 143 Å². The van der Waals surface area contributed by atoms with Crippen LogP contribution in [-0.4, -0.2) is 22.5 Å². The van der Waals surface area contributed by atoms with Crippen LogP contribution in [0, 0.1) is 0 Å². The minimum absolute atomic E-state index is 0.778. The molecule has 39 heavy (non-hydrogen) atoms. The summed E-state index contributed by atoms with van der Waals surface area (Å²) in [4.78, 5) is 12.0. The second kappa shape index (κ2) is 9.37. The Balaban J connectivity index is 1.47. The summed E-state index contributed by atoms with van der Waals surface area (Å²) in [5.41, 5.74) is 10.3. The lowest BCUT2D eigenvalue weighted by atomic mass is 9.97. The third-order valence-corrected chi connectivity index (χ3v) is 10.3. The van der Waals surface area contributed by atoms with Crippen LogP contribution >= 0.6 is 10.0 Å². The fraction of sp³-hybridized carbons (Fsp3) is 0.0556. The topological polar surface area (TPSA) is 25.8 Å². The van der Waals surface area contributed by atoms with Gasteiger partial charge in [-0.2, -0.15) is 10.0 Å². The molecule has 0 N–H and O–H groups in total. The smallest absolute Gasteiger partial charge is 0.161 e. The zero-order chi connectivity index (χ0) is 26.4. The highest BCUT2D eigenvalue weighted by molar-refractivity contribution is 8.33. The summed E-state index contributed by atoms with van der Waals surface area (Å²) in [5.74, 6) is 0.778. The Kier molecular flexibility index (Phi) is 5.68. The normalized spacial score (nSPS) is 13.9. The highest BCUT2D eigenvalue weighted by Gasteiger charge is 2.36. The second-order valence-electron chi connectivity index (χ2n) is 10.3. The second-order valence-corrected chi connectivity index (χ2v) is 13.8. The third kappa shape index (κ3) is 4.07. The van der Waals surface area contributed by atoms with Gasteiger partial charge >= 0.3 is 0 Å². The summed E-state index contributed by atoms with van der Waals surface area (Å²) < 4.78 is 0. The van der Waals surface area contributed by atoms with E-state index in [0.717, 1.165) is 22.6 Å². The van der Waals surface area contributed by atoms with Crippen molar-refractivity contribution in [3.05, 3.63) is 133 Å². The first-order valence-corrected chi connectivity index (χ1v) is 15.6. The fourth-order valence-corrected chi connectivity index (χ4v) is 7.94. The van der Waals surface area contributed by atoms with Gasteiger partial charge in [0, 0.05) is 21.6 Å². The van der Waals surface area contributed by atoms with Crippen molar-refractivity contribution < 1.29 is 0 Å². The van der Waals surface area contributed by atoms with Gasteiger partial charge < -0.3 is 0 Å². The molecule has 2 heterocycles. The van der Waals surface area contributed by atoms with E-state index in [0.29, 0.717) is 0 Å². The van der Waals surface area contributed by atoms with Crippen molar-refractivity contribution in [1.29, 1.82) is 0 Å². The lowest BCUT2D eigenvalue weighted by Crippen LogP contribution is -2.01. The number of benzene rings is 5. The van der Waals surface area contributed by atoms with E-state index in [4.69, 9.17) is 9.97 Å². The Hall–Kier alpha value is -4.47. The van der Waals surface area contributed by atoms with Gasteiger partial charge in [-0.05, 0) is 58.5 Å². The van der Waals surface area contributed by atoms with Crippen LogP contribution in [0.1, 0.15) is 0 Å². The largest absolute Gasteiger partial charge is 0.227 e. The lowest BCUT2D eigenvalue weighted by Gasteiger charge is -2.27. The first kappa shape index (κ1) is 23.6. The molecule has 2 nitrogen and oxygen atoms in total. The molecule has 7 rings (SSSR count). The molecule has 1 aromatic heterocycles. The first-order chi connectivity index (χ1) is 19.1. The molecule has 0 amide bonds. The number of hydrogen-bond acceptors (Lipinski definition) is 2. The van der Waals surface area contributed by atoms with E-state index in [1.165, 1.54) is 43.3 Å². The molecule has 0 bridgehead atoms. The van der Waals surface area contributed by atoms with Crippen molar-refractivity contribution in [1.82, 2.24) is 9.97 Å². The zero-order valence-electron chi connectivity index (χ0n) is 22.0. The number of rotatable bonds is 4. The maximum absolute atomic E-state index is 5.32. The Morgan fingerprint density at radius 2 is 0.974 bits per heavy atom. The molecule has 0 fully saturated rings. The minimum atomic E-state index is -1.30. The Bertz CT molecular complexity index is 1830. The molecule has 6 aromatic rings. The molecule has 1 aliphatic heterocycles. The number of aromatic nitrogens is 2. The van der Waals surface area contributed by atoms with E-state index in [1.54, 1.807) is 0 Å². The average molecular weight is 521 g/mol. The molecule has 0 aliphatic carbocycles. The molecule has 5 aromatic carbocycles. The summed E-state index contributed by atoms with van der Waals surface area (Å²) in [6.07, 6.45) is 4.72. The fourth-order valence-electron chi connectivity index (χ4n) is 5.56. The molecule has 0 spiro atoms. The molecule has 3 heteroatoms. The summed E-state index contributed by atoms with van der Waals surface area (Å²) in [5, 5.41) is 1.17. The van der Waals surface area contributed by atoms with Crippen LogP contribution in [0.2, 0.25) is 0 Å². The van der Waals surface area contributed by atoms with E-state index in [-0.39, 0.29) is 0 Å². The summed E-state index contributed by atoms with van der Waals surface area (Å²) in [7, 11) is -1.30. The zero-order valence-corrected chi connectivity index (χ0v) is 22.8. The highest BCUT2D eigenvalue weighted by atomic mass is 32.3. The SMILES string of the molecule is CS1(C)c2ccccc2-c2c(-c3cccc(-c4ccccc4)c3)nc(-c3cccc(-c4ccccc4)c3)nc21. The Morgan fingerprint density at radius 1 is 0.462 bits per heavy atom. The minimum Gasteiger partial charge on any atom is -0.227 e. The van der Waals surface area contributed by atoms with Gasteiger partial charge in [0.15, 0.2) is 5.82 Å². The van der Waals surface area contributed by atoms with Crippen molar-refractivity contribution in [2.24, 2.45) is 0 Å². The predicted octanol–water partition coefficient (Wildman–Crippen LogP) is 9.61. The average Bonchev–Trinajstić information content (AvgIpc) is 3.24. The summed E-state index contributed by atoms with van der Waals surface area (Å²) >= 11 is 0. The van der Waals surface area contributed by atoms with Crippen LogP contribution in [0.5, 0.6) is 0 Å². The van der Waals surface area contributed by atoms with E-state index < -0.39 is 10.0 Å². The van der Waals surface area contributed by atoms with Crippen LogP contribution < -0.4 is 0 Å². The van der Waals surface area contributed by atoms with Gasteiger partial charge in [-0.15, -0.1) is 0 Å². The van der Waals surface area contributed by atoms with Gasteiger partial charge in [-0.25, -0.2) is 9.97 Å². The van der Waals surface area contributed by atoms with Gasteiger partial charge in [0.1, 0.15) is 0 Å². The van der Waals surface area contributed by atoms with Crippen LogP contribution in [-0.2, 0) is 0 Å². The molecule has 0 saturated carbocycles. The lowest BCUT2D eigenvalue weighted by molar-refractivity contribution is 1.07. The number of fused-ring (bicyclic) bond motifs is 3. The molecule has 0 atom stereocenters. The van der Waals surface area contributed by atoms with E-state index in [2.05, 4.69) is 146 Å². The maximum Gasteiger partial charge on any atom is 0.161 e. The number of nitrogens with zero attached hydrogens (tertiary/aromatic N) is 2. The van der Waals surface area contributed by atoms with E-state index in [1.807, 2.05) is 0 Å². The van der Waals surface area contributed by atoms with Crippen LogP contribution in [0.25, 0.3) is 56.0 Å². The molecular weight excluding hydrogens is 492 g/mol. The predicted molar refractivity (Wildman–Crippen MR) is 165 cm³/mol. The first-order valence-electron chi connectivity index (χ1n) is 13.2. The Labute approximate surface area is 231 Å². The van der Waals surface area contributed by atoms with Crippen molar-refractivity contribution in [3.63, 3.8) is 0 Å². The van der Waals surface area contributed by atoms with E-state index in [9.17, 15) is 0 Å². The van der Waals surface area contributed by atoms with Gasteiger partial charge in [-0.1, -0.05) is 115 Å². The van der Waals surface area contributed by atoms with Crippen molar-refractivity contribution in [3.8, 4) is 56.0 Å². The van der Waals surface area contributed by atoms with Gasteiger partial charge in [0.05, 0.1) is 10.7 Å². The van der Waals surface area contributed by atoms with Gasteiger partial charge in [0.2, 0.25) is 0 Å². The van der Waals surface area contributed by atoms with E-state index >= 15 is 0 Å². The molecule has 0 saturated heterocycles. The highest BCUT2D eigenvalue weighted by Crippen LogP contribution is 2.67. The Morgan fingerprint density at radius 3 is 1.64 bits per heavy atom. The number of hydrogen-bond donors (Lipinski definition) is 0. The molecule has 188 valence electrons. The van der Waals surface area contributed by atoms with Crippen molar-refractivity contribution in [2.75, 3.05) is 12.5 Å². The van der Waals surface area contributed by atoms with Crippen LogP contribution in [0.4, 0.5) is 0 Å². The monoisotopic (exact) mass is 520 g/mol. The summed E-state index contributed by atoms with van der Waals surface area (Å²) in [6.45, 7) is 0. The third-order valence-electron chi connectivity index (χ3n) is 7.54. The molecule has 0 radical (unpaired) electrons. The standard InChI is InChI=1S/C36H28N2S/c1-39(2)32-22-10-9-21-31(32)33-34(29-19-11-17-27(23-29)25-13-5-3-6-14-25)37-35(38-36(33)39)30-20-12-18-28(24-30)26-15-7-4-8-16-26/h3-24H,1-2H3. The molecule has 1 aliphatic rings. The maximum atomic E-state index is 5.32. The summed E-state index contributed by atoms with van der Waals surface area (Å²) in [6, 6.07) is 47.2. The molecular formula is C36H28N2S. The molecule has 0 unspecified atom stereocenters. The van der Waals surface area contributed by atoms with Crippen molar-refractivity contribution in [2.45, 2.75) is 9.92 Å². The van der Waals surface area contributed by atoms with Gasteiger partial charge in [0.25, 0.3) is 0 Å². The quantitative estimate of drug-likeness (QED) is 0.216. The van der Waals surface area contributed by atoms with Crippen molar-refractivity contribution >= 4 is 10.0 Å².